The fourth-order valence-electron chi connectivity index (χ4n) is 1.01. The Morgan fingerprint density at radius 3 is 2.21 bits per heavy atom. The summed E-state index contributed by atoms with van der Waals surface area (Å²) in [5, 5.41) is 0.318. The highest BCUT2D eigenvalue weighted by Crippen LogP contribution is 2.37. The molecule has 84 valence electrons. The molecule has 0 saturated carbocycles. The van der Waals surface area contributed by atoms with Crippen molar-refractivity contribution in [3.63, 3.8) is 0 Å². The Kier molecular flexibility index (Phi) is 3.15. The minimum atomic E-state index is -1.53. The molecular weight excluding hydrogens is 192 g/mol. The van der Waals surface area contributed by atoms with E-state index in [1.54, 1.807) is 0 Å². The molecule has 1 rings (SSSR count). The standard InChI is InChI=1S/C11H24O2Si/c1-10(2,3)14(5,6)13-8-7-11(4)9-12-11/h7-9H2,1-6H3/t11-/m1/s1. The minimum Gasteiger partial charge on any atom is -0.417 e. The number of epoxide rings is 1. The monoisotopic (exact) mass is 216 g/mol. The zero-order valence-electron chi connectivity index (χ0n) is 10.4. The van der Waals surface area contributed by atoms with Gasteiger partial charge in [0, 0.05) is 13.0 Å². The van der Waals surface area contributed by atoms with Crippen LogP contribution in [0.1, 0.15) is 34.1 Å². The zero-order chi connectivity index (χ0) is 11.0. The minimum absolute atomic E-state index is 0.141. The van der Waals surface area contributed by atoms with Crippen LogP contribution >= 0.6 is 0 Å². The van der Waals surface area contributed by atoms with Crippen LogP contribution < -0.4 is 0 Å². The molecule has 0 amide bonds. The molecule has 1 aliphatic heterocycles. The van der Waals surface area contributed by atoms with Crippen LogP contribution in [0.5, 0.6) is 0 Å². The van der Waals surface area contributed by atoms with Crippen LogP contribution in [0.2, 0.25) is 18.1 Å². The third-order valence-corrected chi connectivity index (χ3v) is 8.08. The summed E-state index contributed by atoms with van der Waals surface area (Å²) >= 11 is 0. The van der Waals surface area contributed by atoms with Crippen molar-refractivity contribution in [3.05, 3.63) is 0 Å². The molecule has 0 aromatic rings. The van der Waals surface area contributed by atoms with Crippen molar-refractivity contribution in [3.8, 4) is 0 Å². The first-order valence-corrected chi connectivity index (χ1v) is 8.35. The topological polar surface area (TPSA) is 21.8 Å². The number of hydrogen-bond donors (Lipinski definition) is 0. The van der Waals surface area contributed by atoms with E-state index in [0.717, 1.165) is 19.6 Å². The molecule has 1 atom stereocenters. The van der Waals surface area contributed by atoms with Crippen molar-refractivity contribution >= 4 is 8.32 Å². The molecule has 0 radical (unpaired) electrons. The maximum atomic E-state index is 6.07. The molecule has 3 heteroatoms. The number of rotatable bonds is 4. The summed E-state index contributed by atoms with van der Waals surface area (Å²) in [5.74, 6) is 0. The fourth-order valence-corrected chi connectivity index (χ4v) is 2.05. The molecule has 0 spiro atoms. The van der Waals surface area contributed by atoms with Gasteiger partial charge in [0.2, 0.25) is 0 Å². The molecule has 1 aliphatic rings. The Labute approximate surface area is 89.1 Å². The lowest BCUT2D eigenvalue weighted by atomic mass is 10.1. The Morgan fingerprint density at radius 1 is 1.36 bits per heavy atom. The molecule has 0 aliphatic carbocycles. The summed E-state index contributed by atoms with van der Waals surface area (Å²) < 4.78 is 11.4. The SMILES string of the molecule is CC(C)(C)[Si](C)(C)OCC[C@]1(C)CO1. The lowest BCUT2D eigenvalue weighted by Crippen LogP contribution is -2.41. The zero-order valence-corrected chi connectivity index (χ0v) is 11.4. The van der Waals surface area contributed by atoms with E-state index in [9.17, 15) is 0 Å². The van der Waals surface area contributed by atoms with E-state index in [2.05, 4.69) is 40.8 Å². The number of ether oxygens (including phenoxy) is 1. The van der Waals surface area contributed by atoms with Gasteiger partial charge in [0.25, 0.3) is 0 Å². The van der Waals surface area contributed by atoms with Gasteiger partial charge in [0.1, 0.15) is 0 Å². The molecule has 0 N–H and O–H groups in total. The molecule has 0 aromatic carbocycles. The smallest absolute Gasteiger partial charge is 0.191 e. The molecule has 1 saturated heterocycles. The van der Waals surface area contributed by atoms with Gasteiger partial charge >= 0.3 is 0 Å². The molecule has 0 bridgehead atoms. The van der Waals surface area contributed by atoms with E-state index >= 15 is 0 Å². The van der Waals surface area contributed by atoms with Crippen molar-refractivity contribution in [2.45, 2.75) is 57.8 Å². The molecule has 14 heavy (non-hydrogen) atoms. The third kappa shape index (κ3) is 3.07. The third-order valence-electron chi connectivity index (χ3n) is 3.54. The quantitative estimate of drug-likeness (QED) is 0.532. The normalized spacial score (nSPS) is 27.9. The molecule has 1 fully saturated rings. The largest absolute Gasteiger partial charge is 0.417 e. The van der Waals surface area contributed by atoms with Gasteiger partial charge in [-0.15, -0.1) is 0 Å². The van der Waals surface area contributed by atoms with E-state index in [1.807, 2.05) is 0 Å². The maximum absolute atomic E-state index is 6.07. The summed E-state index contributed by atoms with van der Waals surface area (Å²) in [4.78, 5) is 0. The van der Waals surface area contributed by atoms with Crippen LogP contribution in [-0.4, -0.2) is 27.1 Å². The highest BCUT2D eigenvalue weighted by Gasteiger charge is 2.41. The Balaban J connectivity index is 2.29. The van der Waals surface area contributed by atoms with Crippen LogP contribution in [0.15, 0.2) is 0 Å². The second-order valence-electron chi connectivity index (χ2n) is 6.10. The average molecular weight is 216 g/mol. The Bertz CT molecular complexity index is 202. The van der Waals surface area contributed by atoms with Gasteiger partial charge in [-0.25, -0.2) is 0 Å². The maximum Gasteiger partial charge on any atom is 0.191 e. The summed E-state index contributed by atoms with van der Waals surface area (Å²) in [5.41, 5.74) is 0.141. The van der Waals surface area contributed by atoms with E-state index in [-0.39, 0.29) is 5.60 Å². The van der Waals surface area contributed by atoms with Gasteiger partial charge in [0.15, 0.2) is 8.32 Å². The highest BCUT2D eigenvalue weighted by atomic mass is 28.4. The van der Waals surface area contributed by atoms with Crippen molar-refractivity contribution < 1.29 is 9.16 Å². The van der Waals surface area contributed by atoms with Crippen LogP contribution in [0.25, 0.3) is 0 Å². The number of hydrogen-bond acceptors (Lipinski definition) is 2. The van der Waals surface area contributed by atoms with Gasteiger partial charge in [-0.2, -0.15) is 0 Å². The van der Waals surface area contributed by atoms with Crippen molar-refractivity contribution in [2.75, 3.05) is 13.2 Å². The van der Waals surface area contributed by atoms with Crippen LogP contribution in [0.4, 0.5) is 0 Å². The first kappa shape index (κ1) is 12.2. The van der Waals surface area contributed by atoms with E-state index < -0.39 is 8.32 Å². The van der Waals surface area contributed by atoms with E-state index in [1.165, 1.54) is 0 Å². The van der Waals surface area contributed by atoms with Crippen LogP contribution in [-0.2, 0) is 9.16 Å². The molecule has 0 unspecified atom stereocenters. The van der Waals surface area contributed by atoms with Crippen molar-refractivity contribution in [1.29, 1.82) is 0 Å². The van der Waals surface area contributed by atoms with Gasteiger partial charge < -0.3 is 9.16 Å². The fraction of sp³-hybridized carbons (Fsp3) is 1.00. The summed E-state index contributed by atoms with van der Waals surface area (Å²) in [7, 11) is -1.53. The predicted octanol–water partition coefficient (Wildman–Crippen LogP) is 3.19. The summed E-state index contributed by atoms with van der Waals surface area (Å²) in [6.45, 7) is 15.3. The summed E-state index contributed by atoms with van der Waals surface area (Å²) in [6.07, 6.45) is 1.04. The molecule has 2 nitrogen and oxygen atoms in total. The second kappa shape index (κ2) is 3.61. The van der Waals surface area contributed by atoms with E-state index in [4.69, 9.17) is 9.16 Å². The highest BCUT2D eigenvalue weighted by molar-refractivity contribution is 6.74. The second-order valence-corrected chi connectivity index (χ2v) is 10.9. The molecule has 1 heterocycles. The van der Waals surface area contributed by atoms with Gasteiger partial charge in [-0.1, -0.05) is 20.8 Å². The predicted molar refractivity (Wildman–Crippen MR) is 62.1 cm³/mol. The Morgan fingerprint density at radius 2 is 1.86 bits per heavy atom. The molecular formula is C11H24O2Si. The van der Waals surface area contributed by atoms with Crippen molar-refractivity contribution in [1.82, 2.24) is 0 Å². The summed E-state index contributed by atoms with van der Waals surface area (Å²) in [6, 6.07) is 0. The average Bonchev–Trinajstić information content (AvgIpc) is 2.65. The van der Waals surface area contributed by atoms with Gasteiger partial charge in [-0.3, -0.25) is 0 Å². The van der Waals surface area contributed by atoms with Crippen LogP contribution in [0.3, 0.4) is 0 Å². The first-order valence-electron chi connectivity index (χ1n) is 5.44. The Hall–Kier alpha value is 0.137. The van der Waals surface area contributed by atoms with Crippen molar-refractivity contribution in [2.24, 2.45) is 0 Å². The first-order chi connectivity index (χ1) is 6.16. The van der Waals surface area contributed by atoms with E-state index in [0.29, 0.717) is 5.04 Å². The van der Waals surface area contributed by atoms with Gasteiger partial charge in [0.05, 0.1) is 12.2 Å². The molecule has 0 aromatic heterocycles. The van der Waals surface area contributed by atoms with Crippen LogP contribution in [0, 0.1) is 0 Å². The lowest BCUT2D eigenvalue weighted by molar-refractivity contribution is 0.225. The van der Waals surface area contributed by atoms with Gasteiger partial charge in [-0.05, 0) is 25.1 Å². The lowest BCUT2D eigenvalue weighted by Gasteiger charge is -2.36.